The number of rotatable bonds is 1. The highest BCUT2D eigenvalue weighted by Gasteiger charge is 2.06. The summed E-state index contributed by atoms with van der Waals surface area (Å²) in [6.45, 7) is 0. The van der Waals surface area contributed by atoms with Crippen LogP contribution in [0.15, 0.2) is 22.7 Å². The zero-order valence-electron chi connectivity index (χ0n) is 5.34. The predicted octanol–water partition coefficient (Wildman–Crippen LogP) is 2.66. The van der Waals surface area contributed by atoms with Gasteiger partial charge in [0.2, 0.25) is 5.12 Å². The molecule has 58 valence electrons. The summed E-state index contributed by atoms with van der Waals surface area (Å²) in [5.41, 5.74) is -0.0114. The van der Waals surface area contributed by atoms with Gasteiger partial charge in [0.05, 0.1) is 5.56 Å². The Labute approximate surface area is 77.1 Å². The molecule has 0 saturated heterocycles. The normalized spacial score (nSPS) is 9.73. The smallest absolute Gasteiger partial charge is 0.219 e. The molecule has 0 fully saturated rings. The highest BCUT2D eigenvalue weighted by atomic mass is 79.9. The first-order chi connectivity index (χ1) is 5.11. The van der Waals surface area contributed by atoms with Crippen molar-refractivity contribution in [2.24, 2.45) is 0 Å². The van der Waals surface area contributed by atoms with E-state index in [1.807, 2.05) is 0 Å². The third-order valence-electron chi connectivity index (χ3n) is 1.16. The fraction of sp³-hybridized carbons (Fsp3) is 0. The molecule has 0 N–H and O–H groups in total. The minimum atomic E-state index is -0.566. The lowest BCUT2D eigenvalue weighted by Crippen LogP contribution is -1.93. The fourth-order valence-electron chi connectivity index (χ4n) is 0.661. The lowest BCUT2D eigenvalue weighted by Gasteiger charge is -1.96. The molecule has 0 radical (unpaired) electrons. The van der Waals surface area contributed by atoms with Gasteiger partial charge in [0.25, 0.3) is 0 Å². The molecule has 0 aromatic heterocycles. The van der Waals surface area contributed by atoms with Crippen molar-refractivity contribution < 1.29 is 9.18 Å². The third kappa shape index (κ3) is 2.04. The first kappa shape index (κ1) is 8.74. The molecule has 1 rings (SSSR count). The molecular formula is C7H4BrFOS. The van der Waals surface area contributed by atoms with E-state index in [2.05, 4.69) is 28.6 Å². The Balaban J connectivity index is 3.23. The fourth-order valence-corrected chi connectivity index (χ4v) is 1.19. The Hall–Kier alpha value is -0.350. The van der Waals surface area contributed by atoms with Crippen molar-refractivity contribution in [3.63, 3.8) is 0 Å². The molecule has 0 saturated carbocycles. The number of carbonyl (C=O) groups is 1. The monoisotopic (exact) mass is 234 g/mol. The number of benzene rings is 1. The second-order valence-corrected chi connectivity index (χ2v) is 3.25. The van der Waals surface area contributed by atoms with E-state index < -0.39 is 10.9 Å². The van der Waals surface area contributed by atoms with Gasteiger partial charge < -0.3 is 0 Å². The van der Waals surface area contributed by atoms with E-state index in [-0.39, 0.29) is 5.56 Å². The van der Waals surface area contributed by atoms with Gasteiger partial charge in [-0.2, -0.15) is 0 Å². The van der Waals surface area contributed by atoms with Crippen LogP contribution in [0.2, 0.25) is 0 Å². The summed E-state index contributed by atoms with van der Waals surface area (Å²) in [4.78, 5) is 10.6. The molecule has 0 aliphatic rings. The molecule has 0 spiro atoms. The highest BCUT2D eigenvalue weighted by molar-refractivity contribution is 9.10. The average Bonchev–Trinajstić information content (AvgIpc) is 1.94. The number of carbonyl (C=O) groups excluding carboxylic acids is 1. The van der Waals surface area contributed by atoms with Crippen LogP contribution in [0.3, 0.4) is 0 Å². The Morgan fingerprint density at radius 3 is 2.64 bits per heavy atom. The minimum absolute atomic E-state index is 0.0114. The van der Waals surface area contributed by atoms with E-state index in [4.69, 9.17) is 0 Å². The molecule has 4 heteroatoms. The first-order valence-electron chi connectivity index (χ1n) is 2.79. The van der Waals surface area contributed by atoms with Crippen LogP contribution in [0.4, 0.5) is 4.39 Å². The van der Waals surface area contributed by atoms with Gasteiger partial charge in [-0.15, -0.1) is 12.6 Å². The first-order valence-corrected chi connectivity index (χ1v) is 4.03. The van der Waals surface area contributed by atoms with Crippen molar-refractivity contribution in [1.29, 1.82) is 0 Å². The largest absolute Gasteiger partial charge is 0.282 e. The van der Waals surface area contributed by atoms with Crippen molar-refractivity contribution in [3.8, 4) is 0 Å². The van der Waals surface area contributed by atoms with Gasteiger partial charge in [0.1, 0.15) is 5.82 Å². The average molecular weight is 235 g/mol. The molecule has 1 aromatic carbocycles. The van der Waals surface area contributed by atoms with Crippen molar-refractivity contribution in [1.82, 2.24) is 0 Å². The minimum Gasteiger partial charge on any atom is -0.282 e. The van der Waals surface area contributed by atoms with E-state index in [1.165, 1.54) is 18.2 Å². The summed E-state index contributed by atoms with van der Waals surface area (Å²) in [6.07, 6.45) is 0. The molecule has 1 nitrogen and oxygen atoms in total. The number of thiol groups is 1. The SMILES string of the molecule is O=C(S)c1cc(Br)ccc1F. The van der Waals surface area contributed by atoms with Gasteiger partial charge in [-0.1, -0.05) is 15.9 Å². The number of hydrogen-bond acceptors (Lipinski definition) is 1. The lowest BCUT2D eigenvalue weighted by atomic mass is 10.2. The van der Waals surface area contributed by atoms with Crippen molar-refractivity contribution in [2.45, 2.75) is 0 Å². The maximum absolute atomic E-state index is 12.7. The molecule has 0 aliphatic heterocycles. The molecule has 0 bridgehead atoms. The molecule has 0 heterocycles. The van der Waals surface area contributed by atoms with E-state index in [0.717, 1.165) is 0 Å². The van der Waals surface area contributed by atoms with Crippen LogP contribution in [0.5, 0.6) is 0 Å². The van der Waals surface area contributed by atoms with Crippen LogP contribution in [0, 0.1) is 5.82 Å². The molecule has 0 unspecified atom stereocenters. The van der Waals surface area contributed by atoms with Crippen LogP contribution in [0.25, 0.3) is 0 Å². The second kappa shape index (κ2) is 3.36. The molecular weight excluding hydrogens is 231 g/mol. The van der Waals surface area contributed by atoms with Crippen molar-refractivity contribution >= 4 is 33.7 Å². The van der Waals surface area contributed by atoms with Crippen LogP contribution >= 0.6 is 28.6 Å². The van der Waals surface area contributed by atoms with Gasteiger partial charge in [-0.25, -0.2) is 4.39 Å². The molecule has 0 atom stereocenters. The van der Waals surface area contributed by atoms with Crippen LogP contribution in [-0.4, -0.2) is 5.12 Å². The molecule has 0 aliphatic carbocycles. The zero-order valence-corrected chi connectivity index (χ0v) is 7.82. The Morgan fingerprint density at radius 2 is 2.18 bits per heavy atom. The number of halogens is 2. The number of hydrogen-bond donors (Lipinski definition) is 1. The second-order valence-electron chi connectivity index (χ2n) is 1.93. The zero-order chi connectivity index (χ0) is 8.43. The van der Waals surface area contributed by atoms with E-state index >= 15 is 0 Å². The van der Waals surface area contributed by atoms with Crippen LogP contribution in [0.1, 0.15) is 10.4 Å². The lowest BCUT2D eigenvalue weighted by molar-refractivity contribution is 0.108. The molecule has 1 aromatic rings. The van der Waals surface area contributed by atoms with Crippen LogP contribution < -0.4 is 0 Å². The van der Waals surface area contributed by atoms with Gasteiger partial charge in [-0.3, -0.25) is 4.79 Å². The van der Waals surface area contributed by atoms with Crippen LogP contribution in [-0.2, 0) is 0 Å². The van der Waals surface area contributed by atoms with Gasteiger partial charge in [0.15, 0.2) is 0 Å². The maximum Gasteiger partial charge on any atom is 0.219 e. The quantitative estimate of drug-likeness (QED) is 0.740. The van der Waals surface area contributed by atoms with Crippen molar-refractivity contribution in [3.05, 3.63) is 34.1 Å². The highest BCUT2D eigenvalue weighted by Crippen LogP contribution is 2.16. The Bertz CT molecular complexity index is 300. The maximum atomic E-state index is 12.7. The Kier molecular flexibility index (Phi) is 2.67. The summed E-state index contributed by atoms with van der Waals surface area (Å²) >= 11 is 6.62. The summed E-state index contributed by atoms with van der Waals surface area (Å²) in [7, 11) is 0. The van der Waals surface area contributed by atoms with E-state index in [1.54, 1.807) is 0 Å². The predicted molar refractivity (Wildman–Crippen MR) is 47.4 cm³/mol. The topological polar surface area (TPSA) is 17.1 Å². The summed E-state index contributed by atoms with van der Waals surface area (Å²) < 4.78 is 13.4. The standard InChI is InChI=1S/C7H4BrFOS/c8-4-1-2-6(9)5(3-4)7(10)11/h1-3H,(H,10,11). The Morgan fingerprint density at radius 1 is 1.55 bits per heavy atom. The molecule has 0 amide bonds. The summed E-state index contributed by atoms with van der Waals surface area (Å²) in [5.74, 6) is -0.548. The van der Waals surface area contributed by atoms with Gasteiger partial charge >= 0.3 is 0 Å². The van der Waals surface area contributed by atoms with Crippen molar-refractivity contribution in [2.75, 3.05) is 0 Å². The van der Waals surface area contributed by atoms with E-state index in [9.17, 15) is 9.18 Å². The third-order valence-corrected chi connectivity index (χ3v) is 1.89. The van der Waals surface area contributed by atoms with E-state index in [0.29, 0.717) is 4.47 Å². The van der Waals surface area contributed by atoms with Gasteiger partial charge in [0, 0.05) is 4.47 Å². The van der Waals surface area contributed by atoms with Gasteiger partial charge in [-0.05, 0) is 18.2 Å². The summed E-state index contributed by atoms with van der Waals surface area (Å²) in [5, 5.41) is -0.566. The molecule has 11 heavy (non-hydrogen) atoms. The summed E-state index contributed by atoms with van der Waals surface area (Å²) in [6, 6.07) is 4.13.